The van der Waals surface area contributed by atoms with E-state index in [1.54, 1.807) is 24.3 Å². The Morgan fingerprint density at radius 1 is 1.13 bits per heavy atom. The van der Waals surface area contributed by atoms with Crippen LogP contribution in [0.4, 0.5) is 5.69 Å². The molecule has 0 unspecified atom stereocenters. The van der Waals surface area contributed by atoms with E-state index in [4.69, 9.17) is 0 Å². The van der Waals surface area contributed by atoms with Crippen molar-refractivity contribution in [1.29, 1.82) is 0 Å². The van der Waals surface area contributed by atoms with Gasteiger partial charge in [-0.15, -0.1) is 0 Å². The van der Waals surface area contributed by atoms with E-state index in [9.17, 15) is 10.1 Å². The summed E-state index contributed by atoms with van der Waals surface area (Å²) in [6.07, 6.45) is 3.01. The maximum atomic E-state index is 10.8. The summed E-state index contributed by atoms with van der Waals surface area (Å²) < 4.78 is 0. The quantitative estimate of drug-likeness (QED) is 0.550. The third-order valence-electron chi connectivity index (χ3n) is 2.00. The molecule has 0 aliphatic carbocycles. The first-order valence-electron chi connectivity index (χ1n) is 4.29. The van der Waals surface area contributed by atoms with E-state index in [0.717, 1.165) is 0 Å². The van der Waals surface area contributed by atoms with Crippen molar-refractivity contribution in [2.45, 2.75) is 0 Å². The minimum Gasteiger partial charge on any atom is -0.258 e. The van der Waals surface area contributed by atoms with Gasteiger partial charge in [0.2, 0.25) is 0 Å². The summed E-state index contributed by atoms with van der Waals surface area (Å²) in [5.41, 5.74) is 1.32. The van der Waals surface area contributed by atoms with Crippen LogP contribution in [0, 0.1) is 10.1 Å². The third-order valence-corrected chi connectivity index (χ3v) is 2.00. The zero-order valence-electron chi connectivity index (χ0n) is 7.70. The lowest BCUT2D eigenvalue weighted by Gasteiger charge is -2.00. The van der Waals surface area contributed by atoms with Gasteiger partial charge in [-0.2, -0.15) is 10.2 Å². The molecule has 15 heavy (non-hydrogen) atoms. The summed E-state index contributed by atoms with van der Waals surface area (Å²) in [4.78, 5) is 10.4. The third kappa shape index (κ3) is 1.80. The standard InChI is InChI=1S/C10H7N3O2/c14-13(15)10-4-2-1-3-9(10)8-5-6-11-12-7-8/h1-7H. The van der Waals surface area contributed by atoms with Crippen LogP contribution in [0.1, 0.15) is 0 Å². The summed E-state index contributed by atoms with van der Waals surface area (Å²) >= 11 is 0. The maximum absolute atomic E-state index is 10.8. The summed E-state index contributed by atoms with van der Waals surface area (Å²) in [7, 11) is 0. The topological polar surface area (TPSA) is 68.9 Å². The predicted molar refractivity (Wildman–Crippen MR) is 54.1 cm³/mol. The highest BCUT2D eigenvalue weighted by Crippen LogP contribution is 2.27. The summed E-state index contributed by atoms with van der Waals surface area (Å²) in [6, 6.07) is 8.24. The van der Waals surface area contributed by atoms with Gasteiger partial charge in [-0.25, -0.2) is 0 Å². The van der Waals surface area contributed by atoms with Crippen LogP contribution in [0.15, 0.2) is 42.7 Å². The van der Waals surface area contributed by atoms with Crippen molar-refractivity contribution >= 4 is 5.69 Å². The van der Waals surface area contributed by atoms with Crippen LogP contribution >= 0.6 is 0 Å². The molecule has 0 bridgehead atoms. The fourth-order valence-electron chi connectivity index (χ4n) is 1.33. The van der Waals surface area contributed by atoms with Crippen molar-refractivity contribution in [3.63, 3.8) is 0 Å². The Morgan fingerprint density at radius 2 is 1.93 bits per heavy atom. The highest BCUT2D eigenvalue weighted by atomic mass is 16.6. The van der Waals surface area contributed by atoms with Gasteiger partial charge >= 0.3 is 0 Å². The van der Waals surface area contributed by atoms with Gasteiger partial charge in [0.15, 0.2) is 0 Å². The van der Waals surface area contributed by atoms with E-state index in [-0.39, 0.29) is 5.69 Å². The fourth-order valence-corrected chi connectivity index (χ4v) is 1.33. The first kappa shape index (κ1) is 9.26. The summed E-state index contributed by atoms with van der Waals surface area (Å²) in [5.74, 6) is 0. The molecule has 0 saturated carbocycles. The van der Waals surface area contributed by atoms with Crippen molar-refractivity contribution < 1.29 is 4.92 Å². The van der Waals surface area contributed by atoms with Gasteiger partial charge in [-0.1, -0.05) is 12.1 Å². The van der Waals surface area contributed by atoms with Gasteiger partial charge in [-0.3, -0.25) is 10.1 Å². The number of para-hydroxylation sites is 1. The van der Waals surface area contributed by atoms with Crippen molar-refractivity contribution in [3.8, 4) is 11.1 Å². The Bertz CT molecular complexity index is 485. The number of nitro benzene ring substituents is 1. The largest absolute Gasteiger partial charge is 0.277 e. The summed E-state index contributed by atoms with van der Waals surface area (Å²) in [5, 5.41) is 18.1. The molecule has 0 atom stereocenters. The maximum Gasteiger partial charge on any atom is 0.277 e. The Labute approximate surface area is 85.5 Å². The van der Waals surface area contributed by atoms with Crippen LogP contribution in [0.2, 0.25) is 0 Å². The minimum absolute atomic E-state index is 0.0745. The molecule has 2 aromatic rings. The lowest BCUT2D eigenvalue weighted by molar-refractivity contribution is -0.384. The predicted octanol–water partition coefficient (Wildman–Crippen LogP) is 2.05. The zero-order valence-corrected chi connectivity index (χ0v) is 7.70. The van der Waals surface area contributed by atoms with Crippen molar-refractivity contribution in [2.24, 2.45) is 0 Å². The average Bonchev–Trinajstić information content (AvgIpc) is 2.30. The summed E-state index contributed by atoms with van der Waals surface area (Å²) in [6.45, 7) is 0. The molecule has 0 spiro atoms. The Morgan fingerprint density at radius 3 is 2.60 bits per heavy atom. The lowest BCUT2D eigenvalue weighted by Crippen LogP contribution is -1.92. The van der Waals surface area contributed by atoms with Gasteiger partial charge in [0.05, 0.1) is 22.9 Å². The minimum atomic E-state index is -0.407. The van der Waals surface area contributed by atoms with E-state index < -0.39 is 4.92 Å². The number of hydrogen-bond acceptors (Lipinski definition) is 4. The molecule has 5 heteroatoms. The van der Waals surface area contributed by atoms with E-state index in [1.165, 1.54) is 18.5 Å². The Balaban J connectivity index is 2.58. The molecule has 0 radical (unpaired) electrons. The second-order valence-corrected chi connectivity index (χ2v) is 2.91. The number of rotatable bonds is 2. The fraction of sp³-hybridized carbons (Fsp3) is 0. The molecule has 1 heterocycles. The van der Waals surface area contributed by atoms with E-state index >= 15 is 0 Å². The SMILES string of the molecule is O=[N+]([O-])c1ccccc1-c1ccnnc1. The van der Waals surface area contributed by atoms with Crippen LogP contribution in [0.3, 0.4) is 0 Å². The molecule has 0 N–H and O–H groups in total. The van der Waals surface area contributed by atoms with Gasteiger partial charge in [-0.05, 0) is 12.1 Å². The van der Waals surface area contributed by atoms with Crippen molar-refractivity contribution in [2.75, 3.05) is 0 Å². The van der Waals surface area contributed by atoms with Gasteiger partial charge in [0.25, 0.3) is 5.69 Å². The molecule has 74 valence electrons. The number of nitro groups is 1. The monoisotopic (exact) mass is 201 g/mol. The van der Waals surface area contributed by atoms with Gasteiger partial charge in [0.1, 0.15) is 0 Å². The first-order chi connectivity index (χ1) is 7.29. The molecule has 0 amide bonds. The number of hydrogen-bond donors (Lipinski definition) is 0. The van der Waals surface area contributed by atoms with Gasteiger partial charge < -0.3 is 0 Å². The van der Waals surface area contributed by atoms with Crippen LogP contribution < -0.4 is 0 Å². The number of aromatic nitrogens is 2. The zero-order chi connectivity index (χ0) is 10.7. The molecule has 5 nitrogen and oxygen atoms in total. The molecule has 1 aromatic carbocycles. The molecule has 0 aliphatic rings. The molecule has 1 aromatic heterocycles. The lowest BCUT2D eigenvalue weighted by atomic mass is 10.1. The molecule has 0 saturated heterocycles. The molecular weight excluding hydrogens is 194 g/mol. The van der Waals surface area contributed by atoms with E-state index in [0.29, 0.717) is 11.1 Å². The normalized spacial score (nSPS) is 9.87. The van der Waals surface area contributed by atoms with E-state index in [2.05, 4.69) is 10.2 Å². The van der Waals surface area contributed by atoms with Gasteiger partial charge in [0, 0.05) is 11.6 Å². The number of benzene rings is 1. The van der Waals surface area contributed by atoms with Crippen LogP contribution in [0.5, 0.6) is 0 Å². The average molecular weight is 201 g/mol. The Hall–Kier alpha value is -2.30. The number of nitrogens with zero attached hydrogens (tertiary/aromatic N) is 3. The van der Waals surface area contributed by atoms with Crippen molar-refractivity contribution in [1.82, 2.24) is 10.2 Å². The smallest absolute Gasteiger partial charge is 0.258 e. The highest BCUT2D eigenvalue weighted by molar-refractivity contribution is 5.72. The second-order valence-electron chi connectivity index (χ2n) is 2.91. The molecule has 0 aliphatic heterocycles. The second kappa shape index (κ2) is 3.83. The van der Waals surface area contributed by atoms with Crippen molar-refractivity contribution in [3.05, 3.63) is 52.8 Å². The molecular formula is C10H7N3O2. The highest BCUT2D eigenvalue weighted by Gasteiger charge is 2.13. The van der Waals surface area contributed by atoms with Crippen LogP contribution in [0.25, 0.3) is 11.1 Å². The molecule has 0 fully saturated rings. The van der Waals surface area contributed by atoms with Crippen LogP contribution in [-0.2, 0) is 0 Å². The first-order valence-corrected chi connectivity index (χ1v) is 4.29. The Kier molecular flexibility index (Phi) is 2.37. The van der Waals surface area contributed by atoms with E-state index in [1.807, 2.05) is 0 Å². The van der Waals surface area contributed by atoms with Crippen LogP contribution in [-0.4, -0.2) is 15.1 Å². The molecule has 2 rings (SSSR count).